The second-order valence-corrected chi connectivity index (χ2v) is 40.9. The van der Waals surface area contributed by atoms with Crippen LogP contribution in [0, 0.1) is 45.3 Å². The molecule has 0 aliphatic rings. The minimum absolute atomic E-state index is 0.000633. The van der Waals surface area contributed by atoms with E-state index >= 15 is 0 Å². The number of nitrogens with zero attached hydrogens (tertiary/aromatic N) is 9. The van der Waals surface area contributed by atoms with Crippen molar-refractivity contribution in [3.63, 3.8) is 0 Å². The van der Waals surface area contributed by atoms with Crippen molar-refractivity contribution in [1.29, 1.82) is 21.0 Å². The number of hydrogen-bond acceptors (Lipinski definition) is 19. The van der Waals surface area contributed by atoms with Crippen LogP contribution in [-0.2, 0) is 77.3 Å². The first-order valence-corrected chi connectivity index (χ1v) is 51.5. The molecule has 5 N–H and O–H groups in total. The Morgan fingerprint density at radius 2 is 0.574 bits per heavy atom. The number of fused-ring (bicyclic) bond motifs is 5. The lowest BCUT2D eigenvalue weighted by atomic mass is 10.1. The lowest BCUT2D eigenvalue weighted by Crippen LogP contribution is -2.14. The lowest BCUT2D eigenvalue weighted by Gasteiger charge is -2.16. The molecule has 0 fully saturated rings. The van der Waals surface area contributed by atoms with Crippen molar-refractivity contribution in [3.8, 4) is 109 Å². The Labute approximate surface area is 806 Å². The Morgan fingerprint density at radius 3 is 0.851 bits per heavy atom. The van der Waals surface area contributed by atoms with E-state index in [1.54, 1.807) is 183 Å². The van der Waals surface area contributed by atoms with Crippen LogP contribution < -0.4 is 47.3 Å². The number of sulfonamides is 5. The van der Waals surface area contributed by atoms with Gasteiger partial charge in [-0.15, -0.1) is 0 Å². The van der Waals surface area contributed by atoms with Crippen LogP contribution >= 0.6 is 0 Å². The van der Waals surface area contributed by atoms with Crippen molar-refractivity contribution in [2.45, 2.75) is 107 Å². The summed E-state index contributed by atoms with van der Waals surface area (Å²) in [4.78, 5) is 0. The molecule has 0 bridgehead atoms. The highest BCUT2D eigenvalue weighted by molar-refractivity contribution is 7.93. The summed E-state index contributed by atoms with van der Waals surface area (Å²) >= 11 is 0. The standard InChI is InChI=1S/2C20H19F2N3O3S.C20H22F2N2O3S.C19H17F2N3O3S.C18H15F2N3O3S/c1-3-10-25-18-11-15(28-20(21)22)8-9-16(18)17(12-23)19(25)13-4-6-14(7-5-13)24-29(2,26)27;1-3-25-18-11-15(28-20(21)22)9-10-16(18)17(12-23)19(25)13-5-7-14(8-6-13)24-29(26,27)4-2;1-4-28(25,26)23-16-8-5-14(6-9-16)18-11-15-7-10-17(27-20(21)22)12-19(15)24(18)13(2)3;1-3-28(25,26)23-13-6-4-12(5-7-13)18-16(11-22)15-9-8-14(27-19(20)21)10-17(15)24(18)2;1-23-16-9-13(26-18(19)20)7-8-14(16)15(10-21)17(23)11-3-5-12(6-4-11)22-27(2,24)25/h4-9,11,20,24H,3,10H2,1-2H3;5-11,20,24H,3-4H2,1-2H3;5-13,20,23H,4H2,1-3H3;4-10,19,23H,3H2,1-2H3;3-9,18,22H,1-2H3. The molecule has 44 heteroatoms. The molecule has 0 atom stereocenters. The second-order valence-electron chi connectivity index (χ2n) is 31.3. The summed E-state index contributed by atoms with van der Waals surface area (Å²) < 4.78 is 285. The average molecular weight is 2040 g/mol. The maximum Gasteiger partial charge on any atom is 0.387 e. The second kappa shape index (κ2) is 45.2. The van der Waals surface area contributed by atoms with Gasteiger partial charge in [0, 0.05) is 125 Å². The highest BCUT2D eigenvalue weighted by atomic mass is 32.2. The predicted octanol–water partition coefficient (Wildman–Crippen LogP) is 22.1. The summed E-state index contributed by atoms with van der Waals surface area (Å²) in [6.45, 7) is -1.04. The van der Waals surface area contributed by atoms with Gasteiger partial charge in [0.25, 0.3) is 0 Å². The lowest BCUT2D eigenvalue weighted by molar-refractivity contribution is -0.0504. The minimum atomic E-state index is -3.40. The third-order valence-electron chi connectivity index (χ3n) is 21.5. The monoisotopic (exact) mass is 2040 g/mol. The number of aryl methyl sites for hydroxylation is 4. The van der Waals surface area contributed by atoms with Gasteiger partial charge in [0.2, 0.25) is 50.1 Å². The summed E-state index contributed by atoms with van der Waals surface area (Å²) in [5.41, 5.74) is 13.9. The number of benzene rings is 10. The van der Waals surface area contributed by atoms with Crippen LogP contribution in [0.5, 0.6) is 28.7 Å². The predicted molar refractivity (Wildman–Crippen MR) is 523 cm³/mol. The van der Waals surface area contributed by atoms with E-state index in [9.17, 15) is 107 Å². The zero-order valence-electron chi connectivity index (χ0n) is 77.0. The van der Waals surface area contributed by atoms with Gasteiger partial charge in [-0.05, 0) is 203 Å². The molecule has 0 saturated heterocycles. The molecule has 740 valence electrons. The smallest absolute Gasteiger partial charge is 0.387 e. The van der Waals surface area contributed by atoms with Gasteiger partial charge in [-0.25, -0.2) is 42.1 Å². The molecule has 0 aliphatic heterocycles. The third kappa shape index (κ3) is 26.5. The summed E-state index contributed by atoms with van der Waals surface area (Å²) in [5, 5.41) is 42.1. The number of anilines is 5. The van der Waals surface area contributed by atoms with E-state index in [2.05, 4.69) is 71.6 Å². The van der Waals surface area contributed by atoms with Gasteiger partial charge >= 0.3 is 33.1 Å². The molecule has 5 heterocycles. The fraction of sp³-hybridized carbons (Fsp3) is 0.237. The van der Waals surface area contributed by atoms with E-state index in [1.165, 1.54) is 61.5 Å². The van der Waals surface area contributed by atoms with Crippen LogP contribution in [0.2, 0.25) is 0 Å². The normalized spacial score (nSPS) is 11.7. The van der Waals surface area contributed by atoms with Gasteiger partial charge in [0.05, 0.1) is 102 Å². The molecular weight excluding hydrogens is 1950 g/mol. The van der Waals surface area contributed by atoms with E-state index in [4.69, 9.17) is 0 Å². The van der Waals surface area contributed by atoms with Crippen LogP contribution in [-0.4, -0.2) is 128 Å². The number of alkyl halides is 10. The van der Waals surface area contributed by atoms with E-state index in [0.717, 1.165) is 41.1 Å². The molecule has 0 radical (unpaired) electrons. The number of aromatic nitrogens is 5. The topological polar surface area (TPSA) is 397 Å². The van der Waals surface area contributed by atoms with Crippen molar-refractivity contribution in [2.24, 2.45) is 14.1 Å². The molecule has 141 heavy (non-hydrogen) atoms. The van der Waals surface area contributed by atoms with Gasteiger partial charge in [-0.3, -0.25) is 23.6 Å². The van der Waals surface area contributed by atoms with E-state index < -0.39 is 83.2 Å². The molecule has 0 aliphatic carbocycles. The van der Waals surface area contributed by atoms with Gasteiger partial charge in [0.1, 0.15) is 53.0 Å². The number of nitriles is 4. The van der Waals surface area contributed by atoms with Crippen molar-refractivity contribution in [2.75, 3.05) is 53.4 Å². The quantitative estimate of drug-likeness (QED) is 0.0244. The fourth-order valence-corrected chi connectivity index (χ4v) is 18.6. The first kappa shape index (κ1) is 106. The maximum absolute atomic E-state index is 12.6. The minimum Gasteiger partial charge on any atom is -0.435 e. The molecule has 29 nitrogen and oxygen atoms in total. The number of rotatable bonds is 32. The maximum atomic E-state index is 12.6. The molecule has 15 aromatic rings. The first-order chi connectivity index (χ1) is 66.7. The number of ether oxygens (including phenoxy) is 5. The SMILES string of the molecule is CCCn1c(-c2ccc(NS(C)(=O)=O)cc2)c(C#N)c2ccc(OC(F)F)cc21.CCS(=O)(=O)Nc1ccc(-c2c(C#N)c3ccc(OC(F)F)cc3n2C)cc1.CCS(=O)(=O)Nc1ccc(-c2cc3ccc(OC(F)F)cc3n2C(C)C)cc1.CCn1c(-c2ccc(NS(=O)(=O)CC)cc2)c(C#N)c2ccc(OC(F)F)cc21.Cn1c(-c2ccc(NS(C)(=O)=O)cc2)c(C#N)c2ccc(OC(F)F)cc21. The third-order valence-corrected chi connectivity index (χ3v) is 26.6. The Balaban J connectivity index is 0.000000168. The van der Waals surface area contributed by atoms with Crippen LogP contribution in [0.25, 0.3) is 111 Å². The highest BCUT2D eigenvalue weighted by Gasteiger charge is 2.27. The summed E-state index contributed by atoms with van der Waals surface area (Å²) in [6, 6.07) is 66.9. The Bertz CT molecular complexity index is 7900. The zero-order valence-corrected chi connectivity index (χ0v) is 81.0. The van der Waals surface area contributed by atoms with E-state index in [0.29, 0.717) is 152 Å². The van der Waals surface area contributed by atoms with Gasteiger partial charge in [-0.2, -0.15) is 65.0 Å². The molecular formula is C97H92F10N14O15S5. The van der Waals surface area contributed by atoms with Crippen molar-refractivity contribution >= 4 is 133 Å². The first-order valence-electron chi connectivity index (χ1n) is 42.7. The molecule has 0 unspecified atom stereocenters. The van der Waals surface area contributed by atoms with Crippen LogP contribution in [0.3, 0.4) is 0 Å². The Hall–Kier alpha value is -15.1. The summed E-state index contributed by atoms with van der Waals surface area (Å²) in [7, 11) is -13.5. The van der Waals surface area contributed by atoms with Crippen LogP contribution in [0.1, 0.15) is 83.2 Å². The fourth-order valence-electron chi connectivity index (χ4n) is 15.5. The largest absolute Gasteiger partial charge is 0.435 e. The Morgan fingerprint density at radius 1 is 0.319 bits per heavy atom. The average Bonchev–Trinajstić information content (AvgIpc) is 1.62. The van der Waals surface area contributed by atoms with Crippen molar-refractivity contribution in [1.82, 2.24) is 22.8 Å². The van der Waals surface area contributed by atoms with Gasteiger partial charge in [0.15, 0.2) is 0 Å². The number of halogens is 10. The molecule has 0 spiro atoms. The van der Waals surface area contributed by atoms with E-state index in [-0.39, 0.29) is 52.0 Å². The number of nitrogens with one attached hydrogen (secondary N) is 5. The van der Waals surface area contributed by atoms with E-state index in [1.807, 2.05) is 59.6 Å². The summed E-state index contributed by atoms with van der Waals surface area (Å²) in [6.07, 6.45) is 2.87. The van der Waals surface area contributed by atoms with Crippen molar-refractivity contribution in [3.05, 3.63) is 241 Å². The zero-order chi connectivity index (χ0) is 103. The van der Waals surface area contributed by atoms with Crippen LogP contribution in [0.4, 0.5) is 72.3 Å². The molecule has 5 aromatic heterocycles. The van der Waals surface area contributed by atoms with Crippen molar-refractivity contribution < 1.29 is 110 Å². The molecule has 0 saturated carbocycles. The molecule has 10 aromatic carbocycles. The number of hydrogen-bond donors (Lipinski definition) is 5. The highest BCUT2D eigenvalue weighted by Crippen LogP contribution is 2.43. The van der Waals surface area contributed by atoms with Gasteiger partial charge < -0.3 is 46.5 Å². The molecule has 0 amide bonds. The Kier molecular flexibility index (Phi) is 34.1. The van der Waals surface area contributed by atoms with Crippen LogP contribution in [0.15, 0.2) is 218 Å². The summed E-state index contributed by atoms with van der Waals surface area (Å²) in [5.74, 6) is 0.0640. The molecule has 15 rings (SSSR count). The van der Waals surface area contributed by atoms with Gasteiger partial charge in [-0.1, -0.05) is 67.6 Å².